The standard InChI is InChI=1S/C21H25N3O2/c25-21(23-18-9-10-20-17(11-18)13-22-24-20)16-7-4-8-19(12-16)26-14-15-5-2-1-3-6-15/h1-8,12,17-18,20,22,24H,9-11,13-14H2,(H,23,25). The molecule has 0 spiro atoms. The summed E-state index contributed by atoms with van der Waals surface area (Å²) in [5.41, 5.74) is 8.31. The summed E-state index contributed by atoms with van der Waals surface area (Å²) < 4.78 is 5.83. The fraction of sp³-hybridized carbons (Fsp3) is 0.381. The van der Waals surface area contributed by atoms with Crippen LogP contribution in [0.25, 0.3) is 0 Å². The van der Waals surface area contributed by atoms with Crippen molar-refractivity contribution in [3.8, 4) is 5.75 Å². The predicted molar refractivity (Wildman–Crippen MR) is 101 cm³/mol. The summed E-state index contributed by atoms with van der Waals surface area (Å²) in [4.78, 5) is 12.6. The van der Waals surface area contributed by atoms with Crippen molar-refractivity contribution in [2.75, 3.05) is 6.54 Å². The van der Waals surface area contributed by atoms with Gasteiger partial charge in [0.25, 0.3) is 5.91 Å². The van der Waals surface area contributed by atoms with E-state index in [0.29, 0.717) is 24.1 Å². The molecule has 0 bridgehead atoms. The lowest BCUT2D eigenvalue weighted by Crippen LogP contribution is -2.44. The average molecular weight is 351 g/mol. The van der Waals surface area contributed by atoms with Crippen LogP contribution in [0.2, 0.25) is 0 Å². The van der Waals surface area contributed by atoms with E-state index < -0.39 is 0 Å². The van der Waals surface area contributed by atoms with Crippen LogP contribution >= 0.6 is 0 Å². The minimum absolute atomic E-state index is 0.0162. The third-order valence-electron chi connectivity index (χ3n) is 5.31. The van der Waals surface area contributed by atoms with Gasteiger partial charge in [-0.2, -0.15) is 0 Å². The Balaban J connectivity index is 1.34. The normalized spacial score (nSPS) is 24.7. The molecule has 1 amide bonds. The molecular formula is C21H25N3O2. The average Bonchev–Trinajstić information content (AvgIpc) is 3.15. The van der Waals surface area contributed by atoms with Gasteiger partial charge in [0, 0.05) is 24.2 Å². The SMILES string of the molecule is O=C(NC1CCC2NNCC2C1)c1cccc(OCc2ccccc2)c1. The molecule has 2 aromatic carbocycles. The first-order valence-electron chi connectivity index (χ1n) is 9.34. The van der Waals surface area contributed by atoms with E-state index in [1.54, 1.807) is 0 Å². The second-order valence-corrected chi connectivity index (χ2v) is 7.18. The molecule has 0 radical (unpaired) electrons. The van der Waals surface area contributed by atoms with Crippen molar-refractivity contribution in [1.82, 2.24) is 16.2 Å². The number of hydrogen-bond acceptors (Lipinski definition) is 4. The number of fused-ring (bicyclic) bond motifs is 1. The molecule has 1 saturated heterocycles. The molecular weight excluding hydrogens is 326 g/mol. The van der Waals surface area contributed by atoms with Gasteiger partial charge in [0.1, 0.15) is 12.4 Å². The fourth-order valence-electron chi connectivity index (χ4n) is 3.87. The second-order valence-electron chi connectivity index (χ2n) is 7.18. The van der Waals surface area contributed by atoms with E-state index >= 15 is 0 Å². The van der Waals surface area contributed by atoms with Crippen LogP contribution in [0.1, 0.15) is 35.2 Å². The van der Waals surface area contributed by atoms with Crippen LogP contribution in [-0.4, -0.2) is 24.5 Å². The zero-order valence-corrected chi connectivity index (χ0v) is 14.8. The minimum atomic E-state index is -0.0162. The summed E-state index contributed by atoms with van der Waals surface area (Å²) in [7, 11) is 0. The largest absolute Gasteiger partial charge is 0.489 e. The molecule has 1 saturated carbocycles. The number of benzene rings is 2. The molecule has 1 aliphatic carbocycles. The van der Waals surface area contributed by atoms with Gasteiger partial charge >= 0.3 is 0 Å². The van der Waals surface area contributed by atoms with Gasteiger partial charge in [-0.1, -0.05) is 36.4 Å². The number of hydrogen-bond donors (Lipinski definition) is 3. The molecule has 26 heavy (non-hydrogen) atoms. The monoisotopic (exact) mass is 351 g/mol. The smallest absolute Gasteiger partial charge is 0.251 e. The Bertz CT molecular complexity index is 750. The lowest BCUT2D eigenvalue weighted by atomic mass is 9.83. The maximum atomic E-state index is 12.6. The maximum Gasteiger partial charge on any atom is 0.251 e. The molecule has 5 nitrogen and oxygen atoms in total. The van der Waals surface area contributed by atoms with Gasteiger partial charge in [0.2, 0.25) is 0 Å². The highest BCUT2D eigenvalue weighted by Crippen LogP contribution is 2.27. The van der Waals surface area contributed by atoms with Gasteiger partial charge in [-0.3, -0.25) is 15.6 Å². The summed E-state index contributed by atoms with van der Waals surface area (Å²) >= 11 is 0. The van der Waals surface area contributed by atoms with Crippen molar-refractivity contribution in [2.24, 2.45) is 5.92 Å². The molecule has 3 atom stereocenters. The van der Waals surface area contributed by atoms with Gasteiger partial charge in [-0.05, 0) is 48.9 Å². The summed E-state index contributed by atoms with van der Waals surface area (Å²) in [5.74, 6) is 1.31. The lowest BCUT2D eigenvalue weighted by molar-refractivity contribution is 0.0918. The van der Waals surface area contributed by atoms with E-state index in [-0.39, 0.29) is 11.9 Å². The predicted octanol–water partition coefficient (Wildman–Crippen LogP) is 2.64. The Kier molecular flexibility index (Phi) is 5.18. The molecule has 2 aromatic rings. The van der Waals surface area contributed by atoms with E-state index in [4.69, 9.17) is 4.74 Å². The minimum Gasteiger partial charge on any atom is -0.489 e. The highest BCUT2D eigenvalue weighted by molar-refractivity contribution is 5.94. The first-order chi connectivity index (χ1) is 12.8. The van der Waals surface area contributed by atoms with Crippen molar-refractivity contribution in [1.29, 1.82) is 0 Å². The van der Waals surface area contributed by atoms with Crippen LogP contribution in [0.5, 0.6) is 5.75 Å². The van der Waals surface area contributed by atoms with Crippen molar-refractivity contribution >= 4 is 5.91 Å². The zero-order valence-electron chi connectivity index (χ0n) is 14.8. The third-order valence-corrected chi connectivity index (χ3v) is 5.31. The molecule has 4 rings (SSSR count). The molecule has 5 heteroatoms. The van der Waals surface area contributed by atoms with Crippen molar-refractivity contribution in [3.63, 3.8) is 0 Å². The van der Waals surface area contributed by atoms with Crippen LogP contribution in [0.4, 0.5) is 0 Å². The lowest BCUT2D eigenvalue weighted by Gasteiger charge is -2.31. The van der Waals surface area contributed by atoms with E-state index in [2.05, 4.69) is 16.2 Å². The molecule has 0 aromatic heterocycles. The number of carbonyl (C=O) groups is 1. The Morgan fingerprint density at radius 1 is 1.12 bits per heavy atom. The molecule has 2 fully saturated rings. The van der Waals surface area contributed by atoms with Crippen LogP contribution in [0.3, 0.4) is 0 Å². The van der Waals surface area contributed by atoms with Gasteiger partial charge in [-0.15, -0.1) is 0 Å². The Labute approximate surface area is 154 Å². The van der Waals surface area contributed by atoms with Gasteiger partial charge in [0.15, 0.2) is 0 Å². The van der Waals surface area contributed by atoms with Crippen molar-refractivity contribution in [2.45, 2.75) is 38.0 Å². The number of nitrogens with one attached hydrogen (secondary N) is 3. The van der Waals surface area contributed by atoms with Crippen molar-refractivity contribution in [3.05, 3.63) is 65.7 Å². The Hall–Kier alpha value is -2.37. The topological polar surface area (TPSA) is 62.4 Å². The molecule has 3 unspecified atom stereocenters. The number of carbonyl (C=O) groups excluding carboxylic acids is 1. The quantitative estimate of drug-likeness (QED) is 0.775. The molecule has 136 valence electrons. The van der Waals surface area contributed by atoms with E-state index in [1.165, 1.54) is 0 Å². The Morgan fingerprint density at radius 3 is 2.88 bits per heavy atom. The number of ether oxygens (including phenoxy) is 1. The molecule has 3 N–H and O–H groups in total. The highest BCUT2D eigenvalue weighted by Gasteiger charge is 2.34. The van der Waals surface area contributed by atoms with E-state index in [9.17, 15) is 4.79 Å². The van der Waals surface area contributed by atoms with Crippen molar-refractivity contribution < 1.29 is 9.53 Å². The van der Waals surface area contributed by atoms with Crippen LogP contribution in [0, 0.1) is 5.92 Å². The van der Waals surface area contributed by atoms with Crippen LogP contribution in [-0.2, 0) is 6.61 Å². The number of amides is 1. The second kappa shape index (κ2) is 7.89. The summed E-state index contributed by atoms with van der Waals surface area (Å²) in [5, 5.41) is 3.20. The molecule has 1 heterocycles. The maximum absolute atomic E-state index is 12.6. The highest BCUT2D eigenvalue weighted by atomic mass is 16.5. The summed E-state index contributed by atoms with van der Waals surface area (Å²) in [6, 6.07) is 18.3. The van der Waals surface area contributed by atoms with Crippen LogP contribution < -0.4 is 20.9 Å². The van der Waals surface area contributed by atoms with Gasteiger partial charge in [0.05, 0.1) is 0 Å². The third kappa shape index (κ3) is 4.06. The molecule has 1 aliphatic heterocycles. The number of hydrazine groups is 1. The van der Waals surface area contributed by atoms with Crippen LogP contribution in [0.15, 0.2) is 54.6 Å². The van der Waals surface area contributed by atoms with E-state index in [0.717, 1.165) is 37.1 Å². The summed E-state index contributed by atoms with van der Waals surface area (Å²) in [6.45, 7) is 1.48. The first kappa shape index (κ1) is 17.1. The van der Waals surface area contributed by atoms with Gasteiger partial charge < -0.3 is 10.1 Å². The number of rotatable bonds is 5. The zero-order chi connectivity index (χ0) is 17.8. The Morgan fingerprint density at radius 2 is 2.00 bits per heavy atom. The van der Waals surface area contributed by atoms with E-state index in [1.807, 2.05) is 54.6 Å². The first-order valence-corrected chi connectivity index (χ1v) is 9.34. The van der Waals surface area contributed by atoms with Gasteiger partial charge in [-0.25, -0.2) is 0 Å². The summed E-state index contributed by atoms with van der Waals surface area (Å²) in [6.07, 6.45) is 3.15. The molecule has 2 aliphatic rings. The fourth-order valence-corrected chi connectivity index (χ4v) is 3.87.